The summed E-state index contributed by atoms with van der Waals surface area (Å²) in [6, 6.07) is 2.11. The Morgan fingerprint density at radius 3 is 2.72 bits per heavy atom. The van der Waals surface area contributed by atoms with E-state index in [1.165, 1.54) is 11.1 Å². The Morgan fingerprint density at radius 1 is 1.28 bits per heavy atom. The van der Waals surface area contributed by atoms with E-state index in [-0.39, 0.29) is 11.9 Å². The summed E-state index contributed by atoms with van der Waals surface area (Å²) in [7, 11) is 0. The molecule has 0 unspecified atom stereocenters. The number of dihydropyridines is 1. The Bertz CT molecular complexity index is 994. The summed E-state index contributed by atoms with van der Waals surface area (Å²) in [5.41, 5.74) is 5.00. The number of aromatic nitrogens is 3. The molecule has 0 spiro atoms. The zero-order chi connectivity index (χ0) is 20.5. The number of amides is 1. The van der Waals surface area contributed by atoms with Crippen LogP contribution in [0.1, 0.15) is 56.9 Å². The van der Waals surface area contributed by atoms with Gasteiger partial charge >= 0.3 is 0 Å². The summed E-state index contributed by atoms with van der Waals surface area (Å²) < 4.78 is 1.90. The quantitative estimate of drug-likeness (QED) is 0.815. The van der Waals surface area contributed by atoms with Gasteiger partial charge in [-0.15, -0.1) is 0 Å². The number of rotatable bonds is 5. The van der Waals surface area contributed by atoms with Crippen molar-refractivity contribution in [3.05, 3.63) is 40.7 Å². The number of pyridine rings is 1. The largest absolute Gasteiger partial charge is 0.385 e. The molecule has 0 aromatic carbocycles. The molecule has 0 atom stereocenters. The monoisotopic (exact) mass is 394 g/mol. The van der Waals surface area contributed by atoms with Crippen molar-refractivity contribution in [2.45, 2.75) is 46.6 Å². The van der Waals surface area contributed by atoms with Gasteiger partial charge in [-0.2, -0.15) is 5.10 Å². The number of anilines is 1. The molecule has 0 bridgehead atoms. The van der Waals surface area contributed by atoms with Crippen LogP contribution in [-0.2, 0) is 0 Å². The van der Waals surface area contributed by atoms with Crippen LogP contribution in [0.15, 0.2) is 35.2 Å². The van der Waals surface area contributed by atoms with E-state index in [0.717, 1.165) is 55.0 Å². The first-order valence-corrected chi connectivity index (χ1v) is 10.5. The molecule has 7 heteroatoms. The summed E-state index contributed by atoms with van der Waals surface area (Å²) in [5, 5.41) is 11.8. The first-order valence-electron chi connectivity index (χ1n) is 10.5. The maximum atomic E-state index is 13.2. The highest BCUT2D eigenvalue weighted by Gasteiger charge is 2.22. The molecular formula is C22H30N6O. The van der Waals surface area contributed by atoms with Gasteiger partial charge in [0.2, 0.25) is 0 Å². The summed E-state index contributed by atoms with van der Waals surface area (Å²) in [4.78, 5) is 20.3. The topological polar surface area (TPSA) is 75.1 Å². The van der Waals surface area contributed by atoms with Crippen molar-refractivity contribution in [2.75, 3.05) is 31.1 Å². The van der Waals surface area contributed by atoms with Crippen LogP contribution in [0.25, 0.3) is 11.0 Å². The molecule has 1 saturated heterocycles. The van der Waals surface area contributed by atoms with Crippen LogP contribution in [0.5, 0.6) is 0 Å². The zero-order valence-electron chi connectivity index (χ0n) is 17.7. The summed E-state index contributed by atoms with van der Waals surface area (Å²) in [5.74, 6) is 0.795. The lowest BCUT2D eigenvalue weighted by atomic mass is 10.0. The second-order valence-corrected chi connectivity index (χ2v) is 8.29. The molecule has 2 aromatic rings. The van der Waals surface area contributed by atoms with Crippen LogP contribution >= 0.6 is 0 Å². The third-order valence-corrected chi connectivity index (χ3v) is 5.75. The summed E-state index contributed by atoms with van der Waals surface area (Å²) in [6.07, 6.45) is 6.22. The van der Waals surface area contributed by atoms with Crippen LogP contribution in [0.2, 0.25) is 0 Å². The molecule has 4 rings (SSSR count). The van der Waals surface area contributed by atoms with E-state index in [1.54, 1.807) is 6.20 Å². The number of carbonyl (C=O) groups excluding carboxylic acids is 1. The normalized spacial score (nSPS) is 17.1. The number of carbonyl (C=O) groups is 1. The van der Waals surface area contributed by atoms with Crippen molar-refractivity contribution in [3.63, 3.8) is 0 Å². The molecule has 2 N–H and O–H groups in total. The molecule has 0 aliphatic carbocycles. The van der Waals surface area contributed by atoms with Crippen molar-refractivity contribution in [1.82, 2.24) is 25.4 Å². The Morgan fingerprint density at radius 2 is 2.03 bits per heavy atom. The van der Waals surface area contributed by atoms with Crippen LogP contribution in [0.4, 0.5) is 5.82 Å². The van der Waals surface area contributed by atoms with Crippen LogP contribution in [0, 0.1) is 0 Å². The molecule has 1 amide bonds. The minimum atomic E-state index is -0.0762. The molecule has 4 heterocycles. The number of fused-ring (bicyclic) bond motifs is 1. The first kappa shape index (κ1) is 19.5. The van der Waals surface area contributed by atoms with Crippen molar-refractivity contribution in [3.8, 4) is 0 Å². The van der Waals surface area contributed by atoms with E-state index in [0.29, 0.717) is 12.1 Å². The van der Waals surface area contributed by atoms with E-state index in [2.05, 4.69) is 54.4 Å². The standard InChI is InChI=1S/C22H30N6O/c1-14(2)28-21-19(13-25-28)18(10-20(26-21)27-7-5-6-8-27)22(29)24-12-17-11-23-16(4)9-15(17)3/h9-10,13-14,23H,5-8,11-12H2,1-4H3,(H,24,29). The third kappa shape index (κ3) is 3.86. The van der Waals surface area contributed by atoms with Gasteiger partial charge < -0.3 is 15.5 Å². The van der Waals surface area contributed by atoms with Crippen LogP contribution in [-0.4, -0.2) is 46.9 Å². The van der Waals surface area contributed by atoms with Gasteiger partial charge in [-0.05, 0) is 63.8 Å². The number of nitrogens with zero attached hydrogens (tertiary/aromatic N) is 4. The molecule has 7 nitrogen and oxygen atoms in total. The van der Waals surface area contributed by atoms with Gasteiger partial charge in [0.1, 0.15) is 5.82 Å². The molecule has 2 aliphatic rings. The number of hydrogen-bond acceptors (Lipinski definition) is 5. The minimum absolute atomic E-state index is 0.0762. The van der Waals surface area contributed by atoms with Crippen molar-refractivity contribution < 1.29 is 4.79 Å². The average molecular weight is 395 g/mol. The lowest BCUT2D eigenvalue weighted by Crippen LogP contribution is -2.31. The van der Waals surface area contributed by atoms with Crippen LogP contribution < -0.4 is 15.5 Å². The average Bonchev–Trinajstić information content (AvgIpc) is 3.36. The fourth-order valence-electron chi connectivity index (χ4n) is 4.03. The van der Waals surface area contributed by atoms with E-state index in [1.807, 2.05) is 10.7 Å². The van der Waals surface area contributed by atoms with E-state index in [9.17, 15) is 4.79 Å². The van der Waals surface area contributed by atoms with Gasteiger partial charge in [0.15, 0.2) is 5.65 Å². The predicted molar refractivity (Wildman–Crippen MR) is 116 cm³/mol. The fourth-order valence-corrected chi connectivity index (χ4v) is 4.03. The highest BCUT2D eigenvalue weighted by Crippen LogP contribution is 2.27. The number of nitrogens with one attached hydrogen (secondary N) is 2. The molecule has 0 saturated carbocycles. The smallest absolute Gasteiger partial charge is 0.252 e. The maximum Gasteiger partial charge on any atom is 0.252 e. The number of hydrogen-bond donors (Lipinski definition) is 2. The predicted octanol–water partition coefficient (Wildman–Crippen LogP) is 3.17. The Kier molecular flexibility index (Phi) is 5.30. The van der Waals surface area contributed by atoms with Crippen LogP contribution in [0.3, 0.4) is 0 Å². The highest BCUT2D eigenvalue weighted by molar-refractivity contribution is 6.06. The lowest BCUT2D eigenvalue weighted by Gasteiger charge is -2.20. The van der Waals surface area contributed by atoms with E-state index < -0.39 is 0 Å². The molecular weight excluding hydrogens is 364 g/mol. The first-order chi connectivity index (χ1) is 13.9. The van der Waals surface area contributed by atoms with Gasteiger partial charge in [-0.3, -0.25) is 4.79 Å². The van der Waals surface area contributed by atoms with E-state index >= 15 is 0 Å². The van der Waals surface area contributed by atoms with Crippen molar-refractivity contribution in [2.24, 2.45) is 0 Å². The third-order valence-electron chi connectivity index (χ3n) is 5.75. The van der Waals surface area contributed by atoms with Gasteiger partial charge in [0, 0.05) is 37.9 Å². The molecule has 154 valence electrons. The summed E-state index contributed by atoms with van der Waals surface area (Å²) >= 11 is 0. The molecule has 29 heavy (non-hydrogen) atoms. The van der Waals surface area contributed by atoms with E-state index in [4.69, 9.17) is 4.98 Å². The molecule has 0 radical (unpaired) electrons. The van der Waals surface area contributed by atoms with Gasteiger partial charge in [-0.1, -0.05) is 0 Å². The van der Waals surface area contributed by atoms with Gasteiger partial charge in [-0.25, -0.2) is 9.67 Å². The van der Waals surface area contributed by atoms with Crippen molar-refractivity contribution >= 4 is 22.8 Å². The molecule has 2 aromatic heterocycles. The Labute approximate surface area is 171 Å². The zero-order valence-corrected chi connectivity index (χ0v) is 17.7. The SMILES string of the molecule is CC1=CC(C)=C(CNC(=O)c2cc(N3CCCC3)nc3c2cnn3C(C)C)CN1. The summed E-state index contributed by atoms with van der Waals surface area (Å²) in [6.45, 7) is 11.6. The van der Waals surface area contributed by atoms with Crippen molar-refractivity contribution in [1.29, 1.82) is 0 Å². The van der Waals surface area contributed by atoms with Gasteiger partial charge in [0.05, 0.1) is 17.1 Å². The molecule has 1 fully saturated rings. The highest BCUT2D eigenvalue weighted by atomic mass is 16.1. The van der Waals surface area contributed by atoms with Gasteiger partial charge in [0.25, 0.3) is 5.91 Å². The number of allylic oxidation sites excluding steroid dienone is 3. The lowest BCUT2D eigenvalue weighted by molar-refractivity contribution is 0.0958. The second kappa shape index (κ2) is 7.89. The fraction of sp³-hybridized carbons (Fsp3) is 0.500. The second-order valence-electron chi connectivity index (χ2n) is 8.29. The maximum absolute atomic E-state index is 13.2. The Balaban J connectivity index is 1.66. The Hall–Kier alpha value is -2.83. The minimum Gasteiger partial charge on any atom is -0.385 e. The molecule has 2 aliphatic heterocycles.